The van der Waals surface area contributed by atoms with Gasteiger partial charge in [0.2, 0.25) is 5.91 Å². The first kappa shape index (κ1) is 10.8. The molecule has 4 nitrogen and oxygen atoms in total. The highest BCUT2D eigenvalue weighted by Crippen LogP contribution is 2.14. The van der Waals surface area contributed by atoms with Crippen molar-refractivity contribution in [3.63, 3.8) is 0 Å². The van der Waals surface area contributed by atoms with E-state index in [4.69, 9.17) is 0 Å². The minimum Gasteiger partial charge on any atom is -0.302 e. The van der Waals surface area contributed by atoms with Gasteiger partial charge in [0.25, 0.3) is 0 Å². The van der Waals surface area contributed by atoms with E-state index in [2.05, 4.69) is 15.3 Å². The van der Waals surface area contributed by atoms with Gasteiger partial charge in [0.05, 0.1) is 12.1 Å². The topological polar surface area (TPSA) is 54.9 Å². The zero-order chi connectivity index (χ0) is 11.4. The molecule has 0 fully saturated rings. The van der Waals surface area contributed by atoms with Gasteiger partial charge >= 0.3 is 0 Å². The van der Waals surface area contributed by atoms with Crippen LogP contribution in [0.15, 0.2) is 29.8 Å². The number of rotatable bonds is 3. The molecule has 2 aromatic heterocycles. The summed E-state index contributed by atoms with van der Waals surface area (Å²) in [5.41, 5.74) is 1.67. The minimum atomic E-state index is -0.0898. The Labute approximate surface area is 97.4 Å². The molecule has 16 heavy (non-hydrogen) atoms. The van der Waals surface area contributed by atoms with Crippen LogP contribution in [0.1, 0.15) is 11.4 Å². The minimum absolute atomic E-state index is 0.0898. The second-order valence-electron chi connectivity index (χ2n) is 3.34. The summed E-state index contributed by atoms with van der Waals surface area (Å²) in [6, 6.07) is 5.52. The summed E-state index contributed by atoms with van der Waals surface area (Å²) in [5, 5.41) is 5.28. The van der Waals surface area contributed by atoms with Crippen LogP contribution in [0, 0.1) is 6.92 Å². The van der Waals surface area contributed by atoms with Crippen molar-refractivity contribution in [2.45, 2.75) is 13.3 Å². The molecule has 0 spiro atoms. The maximum atomic E-state index is 11.6. The Hall–Kier alpha value is -1.75. The van der Waals surface area contributed by atoms with E-state index < -0.39 is 0 Å². The number of anilines is 1. The maximum absolute atomic E-state index is 11.6. The molecule has 0 aliphatic rings. The second kappa shape index (κ2) is 4.85. The van der Waals surface area contributed by atoms with E-state index in [1.165, 1.54) is 11.3 Å². The fraction of sp³-hybridized carbons (Fsp3) is 0.182. The number of thiazole rings is 1. The molecule has 0 radical (unpaired) electrons. The van der Waals surface area contributed by atoms with Crippen molar-refractivity contribution in [3.05, 3.63) is 41.2 Å². The number of pyridine rings is 1. The smallest absolute Gasteiger partial charge is 0.232 e. The average Bonchev–Trinajstić information content (AvgIpc) is 2.65. The summed E-state index contributed by atoms with van der Waals surface area (Å²) < 4.78 is 0. The Balaban J connectivity index is 1.95. The highest BCUT2D eigenvalue weighted by Gasteiger charge is 2.06. The predicted molar refractivity (Wildman–Crippen MR) is 63.4 cm³/mol. The molecule has 82 valence electrons. The molecule has 2 rings (SSSR count). The molecule has 5 heteroatoms. The van der Waals surface area contributed by atoms with Gasteiger partial charge in [-0.15, -0.1) is 11.3 Å². The van der Waals surface area contributed by atoms with E-state index in [1.807, 2.05) is 30.5 Å². The number of nitrogens with one attached hydrogen (secondary N) is 1. The molecular formula is C11H11N3OS. The predicted octanol–water partition coefficient (Wildman–Crippen LogP) is 2.03. The molecule has 2 aromatic rings. The van der Waals surface area contributed by atoms with Crippen molar-refractivity contribution in [3.8, 4) is 0 Å². The van der Waals surface area contributed by atoms with Gasteiger partial charge in [-0.3, -0.25) is 9.78 Å². The van der Waals surface area contributed by atoms with Crippen LogP contribution in [-0.2, 0) is 11.2 Å². The lowest BCUT2D eigenvalue weighted by atomic mass is 10.2. The Morgan fingerprint density at radius 3 is 3.00 bits per heavy atom. The zero-order valence-electron chi connectivity index (χ0n) is 8.80. The molecule has 2 heterocycles. The standard InChI is InChI=1S/C11H11N3OS/c1-8-7-16-11(13-8)14-10(15)6-9-4-2-3-5-12-9/h2-5,7H,6H2,1H3,(H,13,14,15). The fourth-order valence-corrected chi connectivity index (χ4v) is 1.95. The molecule has 0 atom stereocenters. The van der Waals surface area contributed by atoms with Crippen molar-refractivity contribution < 1.29 is 4.79 Å². The van der Waals surface area contributed by atoms with E-state index in [1.54, 1.807) is 6.20 Å². The normalized spacial score (nSPS) is 10.1. The van der Waals surface area contributed by atoms with E-state index in [9.17, 15) is 4.79 Å². The van der Waals surface area contributed by atoms with Crippen molar-refractivity contribution >= 4 is 22.4 Å². The zero-order valence-corrected chi connectivity index (χ0v) is 9.62. The fourth-order valence-electron chi connectivity index (χ4n) is 1.24. The molecule has 1 N–H and O–H groups in total. The first-order chi connectivity index (χ1) is 7.74. The molecule has 0 saturated heterocycles. The lowest BCUT2D eigenvalue weighted by Gasteiger charge is -2.00. The number of amides is 1. The van der Waals surface area contributed by atoms with Gasteiger partial charge in [-0.1, -0.05) is 6.07 Å². The van der Waals surface area contributed by atoms with E-state index in [-0.39, 0.29) is 12.3 Å². The van der Waals surface area contributed by atoms with Crippen molar-refractivity contribution in [1.82, 2.24) is 9.97 Å². The first-order valence-electron chi connectivity index (χ1n) is 4.86. The van der Waals surface area contributed by atoms with Crippen LogP contribution in [0.5, 0.6) is 0 Å². The molecule has 0 aliphatic heterocycles. The maximum Gasteiger partial charge on any atom is 0.232 e. The number of aromatic nitrogens is 2. The van der Waals surface area contributed by atoms with Crippen molar-refractivity contribution in [1.29, 1.82) is 0 Å². The Morgan fingerprint density at radius 2 is 2.38 bits per heavy atom. The summed E-state index contributed by atoms with van der Waals surface area (Å²) in [6.45, 7) is 1.89. The number of carbonyl (C=O) groups is 1. The van der Waals surface area contributed by atoms with Crippen LogP contribution in [-0.4, -0.2) is 15.9 Å². The molecule has 0 unspecified atom stereocenters. The lowest BCUT2D eigenvalue weighted by molar-refractivity contribution is -0.115. The Bertz CT molecular complexity index is 481. The molecule has 0 bridgehead atoms. The number of hydrogen-bond acceptors (Lipinski definition) is 4. The summed E-state index contributed by atoms with van der Waals surface area (Å²) in [6.07, 6.45) is 1.95. The highest BCUT2D eigenvalue weighted by molar-refractivity contribution is 7.13. The Morgan fingerprint density at radius 1 is 1.50 bits per heavy atom. The molecule has 0 aliphatic carbocycles. The van der Waals surface area contributed by atoms with Gasteiger partial charge in [-0.2, -0.15) is 0 Å². The van der Waals surface area contributed by atoms with E-state index in [0.29, 0.717) is 5.13 Å². The van der Waals surface area contributed by atoms with Crippen LogP contribution in [0.3, 0.4) is 0 Å². The van der Waals surface area contributed by atoms with Crippen LogP contribution in [0.2, 0.25) is 0 Å². The van der Waals surface area contributed by atoms with Crippen LogP contribution in [0.25, 0.3) is 0 Å². The summed E-state index contributed by atoms with van der Waals surface area (Å²) in [5.74, 6) is -0.0898. The summed E-state index contributed by atoms with van der Waals surface area (Å²) in [7, 11) is 0. The van der Waals surface area contributed by atoms with Gasteiger partial charge in [0, 0.05) is 17.3 Å². The van der Waals surface area contributed by atoms with Gasteiger partial charge in [0.1, 0.15) is 0 Å². The molecular weight excluding hydrogens is 222 g/mol. The third-order valence-electron chi connectivity index (χ3n) is 1.93. The van der Waals surface area contributed by atoms with Gasteiger partial charge in [-0.05, 0) is 19.1 Å². The molecule has 0 saturated carbocycles. The SMILES string of the molecule is Cc1csc(NC(=O)Cc2ccccn2)n1. The van der Waals surface area contributed by atoms with Gasteiger partial charge in [-0.25, -0.2) is 4.98 Å². The third-order valence-corrected chi connectivity index (χ3v) is 2.81. The quantitative estimate of drug-likeness (QED) is 0.882. The van der Waals surface area contributed by atoms with Crippen molar-refractivity contribution in [2.24, 2.45) is 0 Å². The average molecular weight is 233 g/mol. The van der Waals surface area contributed by atoms with Crippen molar-refractivity contribution in [2.75, 3.05) is 5.32 Å². The highest BCUT2D eigenvalue weighted by atomic mass is 32.1. The van der Waals surface area contributed by atoms with E-state index >= 15 is 0 Å². The third kappa shape index (κ3) is 2.87. The van der Waals surface area contributed by atoms with Gasteiger partial charge < -0.3 is 5.32 Å². The molecule has 0 aromatic carbocycles. The van der Waals surface area contributed by atoms with E-state index in [0.717, 1.165) is 11.4 Å². The second-order valence-corrected chi connectivity index (χ2v) is 4.20. The first-order valence-corrected chi connectivity index (χ1v) is 5.74. The number of nitrogens with zero attached hydrogens (tertiary/aromatic N) is 2. The van der Waals surface area contributed by atoms with Crippen LogP contribution in [0.4, 0.5) is 5.13 Å². The largest absolute Gasteiger partial charge is 0.302 e. The molecule has 1 amide bonds. The lowest BCUT2D eigenvalue weighted by Crippen LogP contribution is -2.14. The number of carbonyl (C=O) groups excluding carboxylic acids is 1. The van der Waals surface area contributed by atoms with Gasteiger partial charge in [0.15, 0.2) is 5.13 Å². The number of hydrogen-bond donors (Lipinski definition) is 1. The monoisotopic (exact) mass is 233 g/mol. The number of aryl methyl sites for hydroxylation is 1. The Kier molecular flexibility index (Phi) is 3.26. The van der Waals surface area contributed by atoms with Crippen LogP contribution >= 0.6 is 11.3 Å². The van der Waals surface area contributed by atoms with Crippen LogP contribution < -0.4 is 5.32 Å². The summed E-state index contributed by atoms with van der Waals surface area (Å²) in [4.78, 5) is 19.9. The summed E-state index contributed by atoms with van der Waals surface area (Å²) >= 11 is 1.42.